The van der Waals surface area contributed by atoms with Crippen LogP contribution >= 0.6 is 36.2 Å². The van der Waals surface area contributed by atoms with Crippen molar-refractivity contribution in [2.24, 2.45) is 5.73 Å². The summed E-state index contributed by atoms with van der Waals surface area (Å²) in [7, 11) is 0. The van der Waals surface area contributed by atoms with Gasteiger partial charge in [0.1, 0.15) is 0 Å². The molecule has 1 saturated heterocycles. The van der Waals surface area contributed by atoms with Gasteiger partial charge in [-0.15, -0.1) is 24.8 Å². The molecule has 1 fully saturated rings. The Morgan fingerprint density at radius 2 is 2.04 bits per heavy atom. The Morgan fingerprint density at radius 1 is 1.30 bits per heavy atom. The number of fused-ring (bicyclic) bond motifs is 1. The summed E-state index contributed by atoms with van der Waals surface area (Å²) < 4.78 is 1.12. The number of nitrogens with zero attached hydrogens (tertiary/aromatic N) is 2. The molecule has 2 heterocycles. The van der Waals surface area contributed by atoms with Gasteiger partial charge in [0.2, 0.25) is 5.91 Å². The van der Waals surface area contributed by atoms with Crippen molar-refractivity contribution in [2.75, 3.05) is 29.9 Å². The fraction of sp³-hybridized carbons (Fsp3) is 0.467. The van der Waals surface area contributed by atoms with E-state index >= 15 is 0 Å². The number of halogens is 2. The molecule has 2 aromatic rings. The lowest BCUT2D eigenvalue weighted by atomic mass is 10.2. The molecule has 0 bridgehead atoms. The zero-order chi connectivity index (χ0) is 14.7. The number of benzene rings is 1. The van der Waals surface area contributed by atoms with Crippen LogP contribution in [0.5, 0.6) is 0 Å². The minimum Gasteiger partial charge on any atom is -0.348 e. The molecule has 5 nitrogen and oxygen atoms in total. The number of carbonyl (C=O) groups excluding carboxylic acids is 1. The maximum absolute atomic E-state index is 11.7. The molecule has 0 radical (unpaired) electrons. The number of anilines is 2. The zero-order valence-electron chi connectivity index (χ0n) is 12.8. The van der Waals surface area contributed by atoms with Crippen molar-refractivity contribution < 1.29 is 4.79 Å². The first-order chi connectivity index (χ1) is 10.3. The third kappa shape index (κ3) is 4.94. The van der Waals surface area contributed by atoms with Gasteiger partial charge in [0.25, 0.3) is 0 Å². The molecule has 23 heavy (non-hydrogen) atoms. The van der Waals surface area contributed by atoms with Crippen LogP contribution in [0.25, 0.3) is 10.2 Å². The van der Waals surface area contributed by atoms with Crippen LogP contribution in [0.4, 0.5) is 10.8 Å². The highest BCUT2D eigenvalue weighted by atomic mass is 35.5. The summed E-state index contributed by atoms with van der Waals surface area (Å²) in [5.41, 5.74) is 7.25. The molecule has 0 atom stereocenters. The Hall–Kier alpha value is -1.08. The minimum atomic E-state index is 0. The molecular weight excluding hydrogens is 355 g/mol. The van der Waals surface area contributed by atoms with Gasteiger partial charge in [-0.2, -0.15) is 0 Å². The van der Waals surface area contributed by atoms with E-state index in [1.165, 1.54) is 12.8 Å². The van der Waals surface area contributed by atoms with Crippen molar-refractivity contribution >= 4 is 63.1 Å². The highest BCUT2D eigenvalue weighted by Crippen LogP contribution is 2.32. The minimum absolute atomic E-state index is 0. The van der Waals surface area contributed by atoms with Gasteiger partial charge in [0.05, 0.1) is 10.2 Å². The first-order valence-electron chi connectivity index (χ1n) is 7.42. The third-order valence-electron chi connectivity index (χ3n) is 3.65. The maximum atomic E-state index is 11.7. The van der Waals surface area contributed by atoms with Crippen LogP contribution in [0, 0.1) is 0 Å². The van der Waals surface area contributed by atoms with E-state index in [2.05, 4.69) is 15.2 Å². The Balaban J connectivity index is 0.00000132. The summed E-state index contributed by atoms with van der Waals surface area (Å²) in [6.45, 7) is 2.74. The SMILES string of the molecule is Cl.Cl.NCCCC(=O)Nc1ccc2nc(N3CCCC3)sc2c1. The molecule has 1 aromatic carbocycles. The van der Waals surface area contributed by atoms with E-state index in [0.29, 0.717) is 19.4 Å². The van der Waals surface area contributed by atoms with Crippen molar-refractivity contribution in [3.63, 3.8) is 0 Å². The standard InChI is InChI=1S/C15H20N4OS.2ClH/c16-7-3-4-14(20)17-11-5-6-12-13(10-11)21-15(18-12)19-8-1-2-9-19;;/h5-6,10H,1-4,7-9,16H2,(H,17,20);2*1H. The lowest BCUT2D eigenvalue weighted by Crippen LogP contribution is -2.16. The zero-order valence-corrected chi connectivity index (χ0v) is 15.2. The summed E-state index contributed by atoms with van der Waals surface area (Å²) in [6.07, 6.45) is 3.68. The van der Waals surface area contributed by atoms with E-state index in [9.17, 15) is 4.79 Å². The van der Waals surface area contributed by atoms with E-state index in [-0.39, 0.29) is 30.7 Å². The molecule has 0 aliphatic carbocycles. The van der Waals surface area contributed by atoms with Gasteiger partial charge in [-0.05, 0) is 44.0 Å². The molecule has 0 unspecified atom stereocenters. The van der Waals surface area contributed by atoms with Crippen molar-refractivity contribution in [2.45, 2.75) is 25.7 Å². The smallest absolute Gasteiger partial charge is 0.224 e. The van der Waals surface area contributed by atoms with Crippen LogP contribution in [-0.4, -0.2) is 30.5 Å². The molecule has 3 rings (SSSR count). The Morgan fingerprint density at radius 3 is 2.74 bits per heavy atom. The van der Waals surface area contributed by atoms with Gasteiger partial charge in [-0.3, -0.25) is 4.79 Å². The number of rotatable bonds is 5. The Labute approximate surface area is 152 Å². The largest absolute Gasteiger partial charge is 0.348 e. The molecule has 3 N–H and O–H groups in total. The molecule has 0 spiro atoms. The van der Waals surface area contributed by atoms with Gasteiger partial charge in [-0.25, -0.2) is 4.98 Å². The van der Waals surface area contributed by atoms with Crippen LogP contribution in [0.2, 0.25) is 0 Å². The Bertz CT molecular complexity index is 643. The number of hydrogen-bond donors (Lipinski definition) is 2. The lowest BCUT2D eigenvalue weighted by molar-refractivity contribution is -0.116. The van der Waals surface area contributed by atoms with Gasteiger partial charge in [0, 0.05) is 25.2 Å². The second-order valence-electron chi connectivity index (χ2n) is 5.31. The molecule has 1 aliphatic rings. The Kier molecular flexibility index (Phi) is 8.05. The summed E-state index contributed by atoms with van der Waals surface area (Å²) in [5.74, 6) is 0.0177. The van der Waals surface area contributed by atoms with Crippen LogP contribution in [-0.2, 0) is 4.79 Å². The van der Waals surface area contributed by atoms with Gasteiger partial charge in [0.15, 0.2) is 5.13 Å². The molecule has 1 amide bonds. The summed E-state index contributed by atoms with van der Waals surface area (Å²) >= 11 is 1.70. The van der Waals surface area contributed by atoms with E-state index in [4.69, 9.17) is 5.73 Å². The molecular formula is C15H22Cl2N4OS. The van der Waals surface area contributed by atoms with Crippen LogP contribution < -0.4 is 16.0 Å². The first kappa shape index (κ1) is 20.0. The predicted octanol–water partition coefficient (Wildman–Crippen LogP) is 3.42. The van der Waals surface area contributed by atoms with E-state index in [1.54, 1.807) is 11.3 Å². The van der Waals surface area contributed by atoms with Gasteiger partial charge < -0.3 is 16.0 Å². The number of thiazole rings is 1. The summed E-state index contributed by atoms with van der Waals surface area (Å²) in [4.78, 5) is 18.8. The number of nitrogens with one attached hydrogen (secondary N) is 1. The highest BCUT2D eigenvalue weighted by Gasteiger charge is 2.16. The number of amides is 1. The number of carbonyl (C=O) groups is 1. The number of hydrogen-bond acceptors (Lipinski definition) is 5. The lowest BCUT2D eigenvalue weighted by Gasteiger charge is -2.11. The summed E-state index contributed by atoms with van der Waals surface area (Å²) in [6, 6.07) is 5.90. The van der Waals surface area contributed by atoms with Crippen molar-refractivity contribution in [1.29, 1.82) is 0 Å². The van der Waals surface area contributed by atoms with Crippen LogP contribution in [0.15, 0.2) is 18.2 Å². The van der Waals surface area contributed by atoms with Gasteiger partial charge in [-0.1, -0.05) is 11.3 Å². The van der Waals surface area contributed by atoms with Crippen molar-refractivity contribution in [3.05, 3.63) is 18.2 Å². The molecule has 1 aromatic heterocycles. The molecule has 8 heteroatoms. The second-order valence-corrected chi connectivity index (χ2v) is 6.32. The fourth-order valence-electron chi connectivity index (χ4n) is 2.52. The maximum Gasteiger partial charge on any atom is 0.224 e. The normalized spacial score (nSPS) is 13.5. The van der Waals surface area contributed by atoms with E-state index in [0.717, 1.165) is 34.1 Å². The average Bonchev–Trinajstić information content (AvgIpc) is 3.13. The summed E-state index contributed by atoms with van der Waals surface area (Å²) in [5, 5.41) is 4.01. The second kappa shape index (κ2) is 9.27. The first-order valence-corrected chi connectivity index (χ1v) is 8.23. The topological polar surface area (TPSA) is 71.2 Å². The number of aromatic nitrogens is 1. The fourth-order valence-corrected chi connectivity index (χ4v) is 3.58. The average molecular weight is 377 g/mol. The predicted molar refractivity (Wildman–Crippen MR) is 102 cm³/mol. The van der Waals surface area contributed by atoms with Crippen LogP contribution in [0.3, 0.4) is 0 Å². The molecule has 128 valence electrons. The molecule has 1 aliphatic heterocycles. The van der Waals surface area contributed by atoms with Gasteiger partial charge >= 0.3 is 0 Å². The number of nitrogens with two attached hydrogens (primary N) is 1. The quantitative estimate of drug-likeness (QED) is 0.838. The van der Waals surface area contributed by atoms with E-state index < -0.39 is 0 Å². The van der Waals surface area contributed by atoms with Crippen molar-refractivity contribution in [3.8, 4) is 0 Å². The molecule has 0 saturated carbocycles. The van der Waals surface area contributed by atoms with Crippen molar-refractivity contribution in [1.82, 2.24) is 4.98 Å². The van der Waals surface area contributed by atoms with Crippen LogP contribution in [0.1, 0.15) is 25.7 Å². The third-order valence-corrected chi connectivity index (χ3v) is 4.72. The van der Waals surface area contributed by atoms with E-state index in [1.807, 2.05) is 18.2 Å². The highest BCUT2D eigenvalue weighted by molar-refractivity contribution is 7.22. The monoisotopic (exact) mass is 376 g/mol.